The first-order valence-electron chi connectivity index (χ1n) is 7.01. The summed E-state index contributed by atoms with van der Waals surface area (Å²) in [6.07, 6.45) is 4.46. The molecule has 0 spiro atoms. The van der Waals surface area contributed by atoms with E-state index in [0.717, 1.165) is 10.6 Å². The van der Waals surface area contributed by atoms with E-state index in [1.807, 2.05) is 0 Å². The minimum atomic E-state index is -3.37. The summed E-state index contributed by atoms with van der Waals surface area (Å²) in [7, 11) is -0.509. The van der Waals surface area contributed by atoms with Crippen molar-refractivity contribution in [3.05, 3.63) is 12.4 Å². The second-order valence-corrected chi connectivity index (χ2v) is 7.38. The average Bonchev–Trinajstić information content (AvgIpc) is 2.95. The number of nitrogens with zero attached hydrogens (tertiary/aromatic N) is 4. The Labute approximate surface area is 135 Å². The van der Waals surface area contributed by atoms with Gasteiger partial charge in [0.15, 0.2) is 0 Å². The Hall–Kier alpha value is -1.94. The fourth-order valence-corrected chi connectivity index (χ4v) is 2.46. The number of methoxy groups -OCH3 is 1. The highest BCUT2D eigenvalue weighted by Crippen LogP contribution is 2.18. The van der Waals surface area contributed by atoms with E-state index in [2.05, 4.69) is 9.97 Å². The van der Waals surface area contributed by atoms with Crippen LogP contribution in [0.5, 0.6) is 11.8 Å². The number of ether oxygens (including phenoxy) is 2. The smallest absolute Gasteiger partial charge is 0.238 e. The lowest BCUT2D eigenvalue weighted by Gasteiger charge is -2.20. The fourth-order valence-electron chi connectivity index (χ4n) is 2.12. The molecule has 1 atom stereocenters. The number of likely N-dealkylation sites (tertiary alicyclic amines) is 1. The molecule has 1 aliphatic rings. The molecule has 128 valence electrons. The van der Waals surface area contributed by atoms with E-state index in [0.29, 0.717) is 31.3 Å². The second-order valence-electron chi connectivity index (χ2n) is 5.29. The van der Waals surface area contributed by atoms with Gasteiger partial charge in [0.1, 0.15) is 6.10 Å². The van der Waals surface area contributed by atoms with Crippen molar-refractivity contribution in [2.24, 2.45) is 0 Å². The van der Waals surface area contributed by atoms with Crippen molar-refractivity contribution < 1.29 is 22.7 Å². The van der Waals surface area contributed by atoms with Gasteiger partial charge in [-0.1, -0.05) is 0 Å². The zero-order valence-electron chi connectivity index (χ0n) is 13.3. The predicted molar refractivity (Wildman–Crippen MR) is 81.7 cm³/mol. The summed E-state index contributed by atoms with van der Waals surface area (Å²) in [4.78, 5) is 21.8. The van der Waals surface area contributed by atoms with Crippen LogP contribution in [0.2, 0.25) is 0 Å². The number of carbonyl (C=O) groups excluding carboxylic acids is 1. The molecule has 1 saturated heterocycles. The van der Waals surface area contributed by atoms with Crippen LogP contribution in [0.4, 0.5) is 0 Å². The molecule has 1 fully saturated rings. The molecule has 2 rings (SSSR count). The summed E-state index contributed by atoms with van der Waals surface area (Å²) in [5.74, 6) is 0.431. The largest absolute Gasteiger partial charge is 0.480 e. The standard InChI is InChI=1S/C13H20N4O5S/c1-16(23(3,19)20)9-13(18)17-5-4-10(8-17)22-12-7-14-6-11(15-12)21-2/h6-7,10H,4-5,8-9H2,1-3H3. The van der Waals surface area contributed by atoms with Crippen LogP contribution in [0.15, 0.2) is 12.4 Å². The lowest BCUT2D eigenvalue weighted by molar-refractivity contribution is -0.130. The van der Waals surface area contributed by atoms with Crippen molar-refractivity contribution in [2.45, 2.75) is 12.5 Å². The molecule has 23 heavy (non-hydrogen) atoms. The van der Waals surface area contributed by atoms with Crippen LogP contribution in [0.3, 0.4) is 0 Å². The van der Waals surface area contributed by atoms with Gasteiger partial charge in [0, 0.05) is 20.0 Å². The predicted octanol–water partition coefficient (Wildman–Crippen LogP) is -0.644. The summed E-state index contributed by atoms with van der Waals surface area (Å²) in [5.41, 5.74) is 0. The van der Waals surface area contributed by atoms with E-state index in [1.54, 1.807) is 4.90 Å². The number of amides is 1. The number of likely N-dealkylation sites (N-methyl/N-ethyl adjacent to an activating group) is 1. The Bertz CT molecular complexity index is 666. The van der Waals surface area contributed by atoms with Crippen molar-refractivity contribution in [1.82, 2.24) is 19.2 Å². The van der Waals surface area contributed by atoms with Gasteiger partial charge in [-0.2, -0.15) is 9.29 Å². The molecule has 1 unspecified atom stereocenters. The lowest BCUT2D eigenvalue weighted by Crippen LogP contribution is -2.40. The van der Waals surface area contributed by atoms with Crippen molar-refractivity contribution in [3.8, 4) is 11.8 Å². The van der Waals surface area contributed by atoms with Crippen LogP contribution in [-0.2, 0) is 14.8 Å². The maximum atomic E-state index is 12.1. The summed E-state index contributed by atoms with van der Waals surface area (Å²) in [5, 5.41) is 0. The molecule has 1 amide bonds. The Morgan fingerprint density at radius 1 is 1.43 bits per heavy atom. The van der Waals surface area contributed by atoms with Crippen molar-refractivity contribution in [3.63, 3.8) is 0 Å². The first-order chi connectivity index (χ1) is 10.8. The first-order valence-corrected chi connectivity index (χ1v) is 8.86. The highest BCUT2D eigenvalue weighted by Gasteiger charge is 2.29. The van der Waals surface area contributed by atoms with E-state index in [-0.39, 0.29) is 18.6 Å². The fraction of sp³-hybridized carbons (Fsp3) is 0.615. The monoisotopic (exact) mass is 344 g/mol. The number of rotatable bonds is 6. The SMILES string of the molecule is COc1cncc(OC2CCN(C(=O)CN(C)S(C)(=O)=O)C2)n1. The molecule has 0 saturated carbocycles. The van der Waals surface area contributed by atoms with Crippen LogP contribution in [0.25, 0.3) is 0 Å². The third-order valence-corrected chi connectivity index (χ3v) is 4.77. The van der Waals surface area contributed by atoms with Crippen LogP contribution in [0.1, 0.15) is 6.42 Å². The van der Waals surface area contributed by atoms with E-state index in [1.165, 1.54) is 26.6 Å². The highest BCUT2D eigenvalue weighted by molar-refractivity contribution is 7.88. The van der Waals surface area contributed by atoms with Gasteiger partial charge in [-0.05, 0) is 0 Å². The van der Waals surface area contributed by atoms with Crippen molar-refractivity contribution >= 4 is 15.9 Å². The Morgan fingerprint density at radius 2 is 2.13 bits per heavy atom. The van der Waals surface area contributed by atoms with Crippen LogP contribution < -0.4 is 9.47 Å². The van der Waals surface area contributed by atoms with Gasteiger partial charge in [0.2, 0.25) is 27.7 Å². The molecule has 0 bridgehead atoms. The maximum absolute atomic E-state index is 12.1. The van der Waals surface area contributed by atoms with Crippen LogP contribution in [0, 0.1) is 0 Å². The Morgan fingerprint density at radius 3 is 2.78 bits per heavy atom. The van der Waals surface area contributed by atoms with E-state index >= 15 is 0 Å². The third-order valence-electron chi connectivity index (χ3n) is 3.51. The molecule has 1 aromatic rings. The normalized spacial score (nSPS) is 18.3. The molecule has 0 radical (unpaired) electrons. The van der Waals surface area contributed by atoms with Crippen LogP contribution in [-0.4, -0.2) is 79.6 Å². The molecule has 1 aromatic heterocycles. The number of hydrogen-bond acceptors (Lipinski definition) is 7. The van der Waals surface area contributed by atoms with Crippen LogP contribution >= 0.6 is 0 Å². The van der Waals surface area contributed by atoms with Gasteiger partial charge in [-0.15, -0.1) is 0 Å². The summed E-state index contributed by atoms with van der Waals surface area (Å²) < 4.78 is 34.4. The zero-order valence-corrected chi connectivity index (χ0v) is 14.1. The number of sulfonamides is 1. The van der Waals surface area contributed by atoms with E-state index < -0.39 is 10.0 Å². The average molecular weight is 344 g/mol. The van der Waals surface area contributed by atoms with Gasteiger partial charge >= 0.3 is 0 Å². The van der Waals surface area contributed by atoms with Gasteiger partial charge in [0.25, 0.3) is 0 Å². The minimum Gasteiger partial charge on any atom is -0.480 e. The first kappa shape index (κ1) is 17.4. The molecule has 0 N–H and O–H groups in total. The van der Waals surface area contributed by atoms with Gasteiger partial charge in [0.05, 0.1) is 38.8 Å². The summed E-state index contributed by atoms with van der Waals surface area (Å²) in [6.45, 7) is 0.721. The van der Waals surface area contributed by atoms with E-state index in [9.17, 15) is 13.2 Å². The van der Waals surface area contributed by atoms with Gasteiger partial charge in [-0.25, -0.2) is 8.42 Å². The lowest BCUT2D eigenvalue weighted by atomic mass is 10.3. The van der Waals surface area contributed by atoms with Crippen molar-refractivity contribution in [2.75, 3.05) is 40.0 Å². The molecule has 0 aliphatic carbocycles. The van der Waals surface area contributed by atoms with Gasteiger partial charge < -0.3 is 14.4 Å². The molecular formula is C13H20N4O5S. The molecule has 2 heterocycles. The second kappa shape index (κ2) is 7.09. The quantitative estimate of drug-likeness (QED) is 0.676. The third kappa shape index (κ3) is 4.76. The zero-order chi connectivity index (χ0) is 17.0. The summed E-state index contributed by atoms with van der Waals surface area (Å²) >= 11 is 0. The maximum Gasteiger partial charge on any atom is 0.238 e. The molecule has 9 nitrogen and oxygen atoms in total. The Balaban J connectivity index is 1.89. The number of carbonyl (C=O) groups is 1. The molecule has 0 aromatic carbocycles. The molecule has 1 aliphatic heterocycles. The number of aromatic nitrogens is 2. The van der Waals surface area contributed by atoms with Gasteiger partial charge in [-0.3, -0.25) is 9.78 Å². The minimum absolute atomic E-state index is 0.176. The molecule has 10 heteroatoms. The summed E-state index contributed by atoms with van der Waals surface area (Å²) in [6, 6.07) is 0. The van der Waals surface area contributed by atoms with E-state index in [4.69, 9.17) is 9.47 Å². The topological polar surface area (TPSA) is 102 Å². The van der Waals surface area contributed by atoms with Crippen molar-refractivity contribution in [1.29, 1.82) is 0 Å². The Kier molecular flexibility index (Phi) is 5.37. The number of hydrogen-bond donors (Lipinski definition) is 0. The molecular weight excluding hydrogens is 324 g/mol. The highest BCUT2D eigenvalue weighted by atomic mass is 32.2.